The topological polar surface area (TPSA) is 28.2 Å². The summed E-state index contributed by atoms with van der Waals surface area (Å²) in [6.07, 6.45) is 3.84. The van der Waals surface area contributed by atoms with E-state index in [0.29, 0.717) is 0 Å². The van der Waals surface area contributed by atoms with E-state index in [4.69, 9.17) is 4.98 Å². The van der Waals surface area contributed by atoms with Crippen molar-refractivity contribution in [2.75, 3.05) is 24.5 Å². The maximum atomic E-state index is 5.02. The van der Waals surface area contributed by atoms with Crippen LogP contribution in [0.4, 0.5) is 5.13 Å². The fourth-order valence-corrected chi connectivity index (χ4v) is 4.20. The van der Waals surface area contributed by atoms with E-state index in [1.54, 1.807) is 0 Å². The van der Waals surface area contributed by atoms with Crippen LogP contribution in [0.1, 0.15) is 64.5 Å². The van der Waals surface area contributed by atoms with Crippen LogP contribution < -0.4 is 10.2 Å². The summed E-state index contributed by atoms with van der Waals surface area (Å²) in [4.78, 5) is 8.94. The van der Waals surface area contributed by atoms with Gasteiger partial charge in [-0.05, 0) is 31.7 Å². The third-order valence-corrected chi connectivity index (χ3v) is 5.15. The average Bonchev–Trinajstić information content (AvgIpc) is 2.83. The van der Waals surface area contributed by atoms with E-state index >= 15 is 0 Å². The fraction of sp³-hybridized carbons (Fsp3) is 0.824. The number of anilines is 1. The lowest BCUT2D eigenvalue weighted by Gasteiger charge is -2.30. The number of piperidine rings is 1. The molecule has 1 aromatic rings. The van der Waals surface area contributed by atoms with Gasteiger partial charge in [0.15, 0.2) is 5.13 Å². The molecule has 1 aliphatic rings. The zero-order valence-corrected chi connectivity index (χ0v) is 15.1. The quantitative estimate of drug-likeness (QED) is 0.827. The molecule has 0 saturated carbocycles. The van der Waals surface area contributed by atoms with E-state index < -0.39 is 0 Å². The molecule has 1 atom stereocenters. The van der Waals surface area contributed by atoms with Crippen LogP contribution in [0.3, 0.4) is 0 Å². The van der Waals surface area contributed by atoms with Crippen molar-refractivity contribution in [3.8, 4) is 0 Å². The predicted molar refractivity (Wildman–Crippen MR) is 93.4 cm³/mol. The maximum absolute atomic E-state index is 5.02. The molecule has 0 radical (unpaired) electrons. The van der Waals surface area contributed by atoms with Crippen molar-refractivity contribution < 1.29 is 0 Å². The van der Waals surface area contributed by atoms with Gasteiger partial charge in [0.25, 0.3) is 0 Å². The van der Waals surface area contributed by atoms with Gasteiger partial charge in [-0.1, -0.05) is 34.6 Å². The van der Waals surface area contributed by atoms with E-state index in [0.717, 1.165) is 19.0 Å². The molecule has 0 aromatic carbocycles. The average molecular weight is 310 g/mol. The van der Waals surface area contributed by atoms with Crippen LogP contribution in [0.5, 0.6) is 0 Å². The van der Waals surface area contributed by atoms with Gasteiger partial charge >= 0.3 is 0 Å². The standard InChI is InChI=1S/C17H31N3S/c1-6-9-18-11-14-15(17(3,4)5)19-16(21-14)20-10-7-8-13(2)12-20/h13,18H,6-12H2,1-5H3. The minimum atomic E-state index is 0.124. The highest BCUT2D eigenvalue weighted by Crippen LogP contribution is 2.35. The highest BCUT2D eigenvalue weighted by molar-refractivity contribution is 7.15. The van der Waals surface area contributed by atoms with Crippen molar-refractivity contribution in [3.05, 3.63) is 10.6 Å². The van der Waals surface area contributed by atoms with Gasteiger partial charge in [0.1, 0.15) is 0 Å². The number of nitrogens with one attached hydrogen (secondary N) is 1. The zero-order valence-electron chi connectivity index (χ0n) is 14.3. The summed E-state index contributed by atoms with van der Waals surface area (Å²) in [7, 11) is 0. The summed E-state index contributed by atoms with van der Waals surface area (Å²) in [6.45, 7) is 15.8. The van der Waals surface area contributed by atoms with E-state index in [9.17, 15) is 0 Å². The third kappa shape index (κ3) is 4.43. The van der Waals surface area contributed by atoms with Crippen LogP contribution in [-0.4, -0.2) is 24.6 Å². The Hall–Kier alpha value is -0.610. The van der Waals surface area contributed by atoms with E-state index in [1.165, 1.54) is 48.1 Å². The summed E-state index contributed by atoms with van der Waals surface area (Å²) in [5, 5.41) is 4.78. The van der Waals surface area contributed by atoms with E-state index in [1.807, 2.05) is 11.3 Å². The predicted octanol–water partition coefficient (Wildman–Crippen LogP) is 4.18. The van der Waals surface area contributed by atoms with Crippen LogP contribution in [0.15, 0.2) is 0 Å². The lowest BCUT2D eigenvalue weighted by atomic mass is 9.91. The second-order valence-corrected chi connectivity index (χ2v) is 8.45. The molecule has 2 rings (SSSR count). The first-order valence-corrected chi connectivity index (χ1v) is 9.19. The molecule has 3 nitrogen and oxygen atoms in total. The number of aromatic nitrogens is 1. The molecule has 4 heteroatoms. The second kappa shape index (κ2) is 7.10. The lowest BCUT2D eigenvalue weighted by Crippen LogP contribution is -2.34. The van der Waals surface area contributed by atoms with E-state index in [-0.39, 0.29) is 5.41 Å². The molecule has 0 amide bonds. The van der Waals surface area contributed by atoms with Gasteiger partial charge in [0, 0.05) is 29.9 Å². The molecule has 1 unspecified atom stereocenters. The highest BCUT2D eigenvalue weighted by atomic mass is 32.1. The van der Waals surface area contributed by atoms with E-state index in [2.05, 4.69) is 44.8 Å². The molecule has 1 saturated heterocycles. The molecule has 1 fully saturated rings. The van der Waals surface area contributed by atoms with Crippen molar-refractivity contribution in [3.63, 3.8) is 0 Å². The molecule has 1 N–H and O–H groups in total. The largest absolute Gasteiger partial charge is 0.348 e. The summed E-state index contributed by atoms with van der Waals surface area (Å²) < 4.78 is 0. The summed E-state index contributed by atoms with van der Waals surface area (Å²) in [6, 6.07) is 0. The Labute approximate surface area is 134 Å². The number of rotatable bonds is 5. The summed E-state index contributed by atoms with van der Waals surface area (Å²) >= 11 is 1.90. The summed E-state index contributed by atoms with van der Waals surface area (Å²) in [5.74, 6) is 0.794. The molecule has 0 spiro atoms. The smallest absolute Gasteiger partial charge is 0.185 e. The Kier molecular flexibility index (Phi) is 5.67. The minimum Gasteiger partial charge on any atom is -0.348 e. The van der Waals surface area contributed by atoms with Crippen molar-refractivity contribution in [1.82, 2.24) is 10.3 Å². The lowest BCUT2D eigenvalue weighted by molar-refractivity contribution is 0.445. The first kappa shape index (κ1) is 16.8. The highest BCUT2D eigenvalue weighted by Gasteiger charge is 2.26. The Morgan fingerprint density at radius 1 is 1.38 bits per heavy atom. The fourth-order valence-electron chi connectivity index (χ4n) is 2.92. The van der Waals surface area contributed by atoms with Gasteiger partial charge in [0.05, 0.1) is 5.69 Å². The van der Waals surface area contributed by atoms with Crippen LogP contribution in [0, 0.1) is 5.92 Å². The van der Waals surface area contributed by atoms with Crippen molar-refractivity contribution in [2.45, 2.75) is 65.8 Å². The number of nitrogens with zero attached hydrogens (tertiary/aromatic N) is 2. The summed E-state index contributed by atoms with van der Waals surface area (Å²) in [5.41, 5.74) is 1.41. The first-order valence-electron chi connectivity index (χ1n) is 8.37. The van der Waals surface area contributed by atoms with Gasteiger partial charge in [-0.25, -0.2) is 4.98 Å². The Bertz CT molecular complexity index is 447. The number of hydrogen-bond donors (Lipinski definition) is 1. The molecule has 0 bridgehead atoms. The Morgan fingerprint density at radius 2 is 2.14 bits per heavy atom. The first-order chi connectivity index (χ1) is 9.91. The molecule has 1 aliphatic heterocycles. The molecular formula is C17H31N3S. The number of hydrogen-bond acceptors (Lipinski definition) is 4. The second-order valence-electron chi connectivity index (χ2n) is 7.39. The van der Waals surface area contributed by atoms with Gasteiger partial charge in [-0.2, -0.15) is 0 Å². The molecular weight excluding hydrogens is 278 g/mol. The third-order valence-electron chi connectivity index (χ3n) is 4.04. The molecule has 120 valence electrons. The van der Waals surface area contributed by atoms with Crippen LogP contribution in [0.2, 0.25) is 0 Å². The Balaban J connectivity index is 2.18. The zero-order chi connectivity index (χ0) is 15.5. The van der Waals surface area contributed by atoms with Gasteiger partial charge in [0.2, 0.25) is 0 Å². The molecule has 0 aliphatic carbocycles. The van der Waals surface area contributed by atoms with Crippen LogP contribution >= 0.6 is 11.3 Å². The Morgan fingerprint density at radius 3 is 2.76 bits per heavy atom. The van der Waals surface area contributed by atoms with Gasteiger partial charge in [-0.3, -0.25) is 0 Å². The normalized spacial score (nSPS) is 20.0. The monoisotopic (exact) mass is 309 g/mol. The number of thiazole rings is 1. The SMILES string of the molecule is CCCNCc1sc(N2CCCC(C)C2)nc1C(C)(C)C. The van der Waals surface area contributed by atoms with Crippen LogP contribution in [-0.2, 0) is 12.0 Å². The van der Waals surface area contributed by atoms with Crippen molar-refractivity contribution >= 4 is 16.5 Å². The van der Waals surface area contributed by atoms with Gasteiger partial charge < -0.3 is 10.2 Å². The van der Waals surface area contributed by atoms with Crippen molar-refractivity contribution in [1.29, 1.82) is 0 Å². The molecule has 1 aromatic heterocycles. The maximum Gasteiger partial charge on any atom is 0.185 e. The minimum absolute atomic E-state index is 0.124. The van der Waals surface area contributed by atoms with Crippen molar-refractivity contribution in [2.24, 2.45) is 5.92 Å². The van der Waals surface area contributed by atoms with Crippen LogP contribution in [0.25, 0.3) is 0 Å². The van der Waals surface area contributed by atoms with Gasteiger partial charge in [-0.15, -0.1) is 11.3 Å². The molecule has 2 heterocycles. The molecule has 21 heavy (non-hydrogen) atoms.